The van der Waals surface area contributed by atoms with Crippen molar-refractivity contribution in [1.29, 1.82) is 0 Å². The Bertz CT molecular complexity index is 1750. The van der Waals surface area contributed by atoms with Gasteiger partial charge in [-0.15, -0.1) is 0 Å². The summed E-state index contributed by atoms with van der Waals surface area (Å²) in [5, 5.41) is 78.2. The molecule has 0 saturated carbocycles. The van der Waals surface area contributed by atoms with Crippen LogP contribution in [0, 0.1) is 5.82 Å². The fraction of sp³-hybridized carbons (Fsp3) is 0.115. The van der Waals surface area contributed by atoms with Crippen LogP contribution < -0.4 is 16.0 Å². The van der Waals surface area contributed by atoms with Gasteiger partial charge in [-0.3, -0.25) is 9.78 Å². The van der Waals surface area contributed by atoms with Gasteiger partial charge >= 0.3 is 11.7 Å². The number of benzene rings is 3. The topological polar surface area (TPSA) is 263 Å². The molecule has 16 heteroatoms. The van der Waals surface area contributed by atoms with Crippen molar-refractivity contribution >= 4 is 5.97 Å². The Morgan fingerprint density at radius 1 is 0.833 bits per heavy atom. The first-order valence-corrected chi connectivity index (χ1v) is 11.6. The molecule has 0 amide bonds. The molecule has 0 aliphatic carbocycles. The minimum Gasteiger partial charge on any atom is -0.508 e. The number of hydrogen-bond donors (Lipinski definition) is 10. The maximum absolute atomic E-state index is 12.7. The van der Waals surface area contributed by atoms with Gasteiger partial charge in [-0.1, -0.05) is 0 Å². The Hall–Kier alpha value is -6.06. The summed E-state index contributed by atoms with van der Waals surface area (Å²) in [6.45, 7) is 0. The summed E-state index contributed by atoms with van der Waals surface area (Å²) in [6.07, 6.45) is -1.78. The van der Waals surface area contributed by atoms with Crippen LogP contribution in [0.3, 0.4) is 0 Å². The summed E-state index contributed by atoms with van der Waals surface area (Å²) in [4.78, 5) is 36.7. The molecule has 42 heavy (non-hydrogen) atoms. The first-order chi connectivity index (χ1) is 19.7. The average molecular weight is 588 g/mol. The highest BCUT2D eigenvalue weighted by Gasteiger charge is 2.37. The molecular weight excluding hydrogens is 567 g/mol. The number of esters is 1. The number of carbonyl (C=O) groups excluding carboxylic acids is 1. The minimum atomic E-state index is -1.18. The summed E-state index contributed by atoms with van der Waals surface area (Å²) in [5.74, 6) is -7.05. The summed E-state index contributed by atoms with van der Waals surface area (Å²) in [5.41, 5.74) is -1.73. The van der Waals surface area contributed by atoms with Crippen molar-refractivity contribution in [2.75, 3.05) is 0 Å². The second-order valence-electron chi connectivity index (χ2n) is 8.82. The van der Waals surface area contributed by atoms with E-state index in [1.807, 2.05) is 4.98 Å². The molecule has 5 rings (SSSR count). The molecule has 10 N–H and O–H groups in total. The Labute approximate surface area is 232 Å². The van der Waals surface area contributed by atoms with Crippen LogP contribution in [0.2, 0.25) is 0 Å². The number of phenols is 8. The maximum atomic E-state index is 12.7. The third-order valence-electron chi connectivity index (χ3n) is 5.93. The van der Waals surface area contributed by atoms with Crippen LogP contribution in [0.4, 0.5) is 4.39 Å². The summed E-state index contributed by atoms with van der Waals surface area (Å²) < 4.78 is 23.3. The predicted molar refractivity (Wildman–Crippen MR) is 137 cm³/mol. The van der Waals surface area contributed by atoms with Gasteiger partial charge in [-0.05, 0) is 24.3 Å². The molecule has 1 aliphatic rings. The van der Waals surface area contributed by atoms with Crippen molar-refractivity contribution in [3.05, 3.63) is 85.9 Å². The molecule has 1 aliphatic heterocycles. The third-order valence-corrected chi connectivity index (χ3v) is 5.93. The number of ether oxygens (including phenoxy) is 2. The van der Waals surface area contributed by atoms with E-state index in [0.29, 0.717) is 6.20 Å². The highest BCUT2D eigenvalue weighted by molar-refractivity contribution is 5.91. The molecule has 0 bridgehead atoms. The number of aromatic hydroxyl groups is 8. The molecule has 3 aromatic carbocycles. The lowest BCUT2D eigenvalue weighted by Gasteiger charge is -2.34. The maximum Gasteiger partial charge on any atom is 0.338 e. The van der Waals surface area contributed by atoms with E-state index in [9.17, 15) is 59.6 Å². The van der Waals surface area contributed by atoms with E-state index in [1.54, 1.807) is 4.98 Å². The van der Waals surface area contributed by atoms with Gasteiger partial charge in [0.25, 0.3) is 5.56 Å². The fourth-order valence-corrected chi connectivity index (χ4v) is 3.94. The molecule has 2 heterocycles. The zero-order valence-corrected chi connectivity index (χ0v) is 20.9. The van der Waals surface area contributed by atoms with Gasteiger partial charge in [0.15, 0.2) is 40.6 Å². The van der Waals surface area contributed by atoms with E-state index in [4.69, 9.17) is 9.47 Å². The molecule has 220 valence electrons. The smallest absolute Gasteiger partial charge is 0.338 e. The third kappa shape index (κ3) is 5.91. The van der Waals surface area contributed by atoms with Crippen LogP contribution in [0.25, 0.3) is 0 Å². The molecule has 0 saturated heterocycles. The number of halogens is 1. The molecule has 0 unspecified atom stereocenters. The number of fused-ring (bicyclic) bond motifs is 1. The zero-order chi connectivity index (χ0) is 30.9. The second-order valence-corrected chi connectivity index (χ2v) is 8.82. The lowest BCUT2D eigenvalue weighted by Crippen LogP contribution is -2.34. The van der Waals surface area contributed by atoms with Crippen molar-refractivity contribution in [2.24, 2.45) is 0 Å². The van der Waals surface area contributed by atoms with E-state index in [-0.39, 0.29) is 40.4 Å². The number of hydrogen-bond acceptors (Lipinski definition) is 13. The van der Waals surface area contributed by atoms with E-state index in [0.717, 1.165) is 30.3 Å². The van der Waals surface area contributed by atoms with Crippen molar-refractivity contribution in [3.63, 3.8) is 0 Å². The van der Waals surface area contributed by atoms with Gasteiger partial charge in [-0.25, -0.2) is 9.59 Å². The number of rotatable bonds is 3. The molecule has 4 aromatic rings. The van der Waals surface area contributed by atoms with E-state index in [1.165, 1.54) is 6.07 Å². The molecule has 0 radical (unpaired) electrons. The van der Waals surface area contributed by atoms with Gasteiger partial charge in [0.1, 0.15) is 23.4 Å². The molecule has 1 aromatic heterocycles. The van der Waals surface area contributed by atoms with Gasteiger partial charge in [-0.2, -0.15) is 4.39 Å². The van der Waals surface area contributed by atoms with Crippen LogP contribution in [0.1, 0.15) is 27.6 Å². The quantitative estimate of drug-likeness (QED) is 0.120. The van der Waals surface area contributed by atoms with Crippen LogP contribution >= 0.6 is 0 Å². The fourth-order valence-electron chi connectivity index (χ4n) is 3.94. The van der Waals surface area contributed by atoms with Gasteiger partial charge < -0.3 is 55.3 Å². The molecule has 15 nitrogen and oxygen atoms in total. The van der Waals surface area contributed by atoms with Crippen molar-refractivity contribution in [3.8, 4) is 51.7 Å². The minimum absolute atomic E-state index is 0.0526. The van der Waals surface area contributed by atoms with Gasteiger partial charge in [0, 0.05) is 35.9 Å². The second kappa shape index (κ2) is 11.2. The highest BCUT2D eigenvalue weighted by atomic mass is 19.1. The lowest BCUT2D eigenvalue weighted by atomic mass is 9.93. The van der Waals surface area contributed by atoms with Crippen LogP contribution in [-0.4, -0.2) is 62.9 Å². The number of H-pyrrole nitrogens is 2. The lowest BCUT2D eigenvalue weighted by molar-refractivity contribution is -0.0189. The average Bonchev–Trinajstić information content (AvgIpc) is 2.92. The Balaban J connectivity index is 0.000000385. The molecule has 0 spiro atoms. The summed E-state index contributed by atoms with van der Waals surface area (Å²) in [6, 6.07) is 6.18. The van der Waals surface area contributed by atoms with E-state index in [2.05, 4.69) is 0 Å². The number of phenolic OH excluding ortho intramolecular Hbond substituents is 8. The van der Waals surface area contributed by atoms with Crippen molar-refractivity contribution in [2.45, 2.75) is 18.6 Å². The van der Waals surface area contributed by atoms with Gasteiger partial charge in [0.2, 0.25) is 5.82 Å². The number of nitrogens with one attached hydrogen (secondary N) is 2. The summed E-state index contributed by atoms with van der Waals surface area (Å²) >= 11 is 0. The highest BCUT2D eigenvalue weighted by Crippen LogP contribution is 2.46. The first-order valence-electron chi connectivity index (χ1n) is 11.6. The SMILES string of the molecule is O=C(O[C@@H]1Cc2c(O)cc(O)cc2O[C@@H]1c1cc(O)c(O)c(O)c1)c1cc(O)c(O)c(O)c1.O=c1[nH]cc(F)c(=O)[nH]1. The van der Waals surface area contributed by atoms with E-state index >= 15 is 0 Å². The Morgan fingerprint density at radius 2 is 1.40 bits per heavy atom. The number of carbonyl (C=O) groups is 1. The largest absolute Gasteiger partial charge is 0.508 e. The number of aromatic amines is 2. The summed E-state index contributed by atoms with van der Waals surface area (Å²) in [7, 11) is 0. The van der Waals surface area contributed by atoms with Crippen LogP contribution in [0.5, 0.6) is 51.7 Å². The predicted octanol–water partition coefficient (Wildman–Crippen LogP) is 1.44. The Morgan fingerprint density at radius 3 is 1.95 bits per heavy atom. The zero-order valence-electron chi connectivity index (χ0n) is 20.9. The molecule has 0 fully saturated rings. The van der Waals surface area contributed by atoms with Crippen LogP contribution in [0.15, 0.2) is 52.2 Å². The first kappa shape index (κ1) is 28.9. The molecule has 2 atom stereocenters. The monoisotopic (exact) mass is 588 g/mol. The number of aromatic nitrogens is 2. The standard InChI is InChI=1S/C22H18O11.C4H3FN2O2/c23-10-5-12(24)11-7-18(33-22(31)9-3-15(27)20(30)16(28)4-9)21(32-17(11)6-10)8-1-13(25)19(29)14(26)2-8;5-2-1-6-4(9)7-3(2)8/h1-6,18,21,23-30H,7H2;1H,(H2,6,7,8,9)/t18-,21-;/m1./s1. The van der Waals surface area contributed by atoms with Gasteiger partial charge in [0.05, 0.1) is 5.56 Å². The Kier molecular flexibility index (Phi) is 7.72. The van der Waals surface area contributed by atoms with Crippen molar-refractivity contribution in [1.82, 2.24) is 9.97 Å². The van der Waals surface area contributed by atoms with E-state index < -0.39 is 69.7 Å². The van der Waals surface area contributed by atoms with Crippen molar-refractivity contribution < 1.29 is 59.5 Å². The molecular formula is C26H21FN2O13. The van der Waals surface area contributed by atoms with Crippen LogP contribution in [-0.2, 0) is 11.2 Å². The normalized spacial score (nSPS) is 15.5.